The van der Waals surface area contributed by atoms with E-state index < -0.39 is 17.0 Å². The second-order valence-electron chi connectivity index (χ2n) is 5.96. The van der Waals surface area contributed by atoms with Crippen LogP contribution in [0.1, 0.15) is 27.7 Å². The third kappa shape index (κ3) is 1.42. The first-order chi connectivity index (χ1) is 8.80. The molecular formula is C14H17N3O2. The van der Waals surface area contributed by atoms with E-state index in [0.717, 1.165) is 5.69 Å². The molecule has 3 rings (SSSR count). The number of hydrogen-bond acceptors (Lipinski definition) is 4. The summed E-state index contributed by atoms with van der Waals surface area (Å²) in [7, 11) is 0. The molecule has 0 aromatic heterocycles. The lowest BCUT2D eigenvalue weighted by Gasteiger charge is -2.56. The summed E-state index contributed by atoms with van der Waals surface area (Å²) < 4.78 is 6.00. The molecule has 2 aliphatic rings. The number of nitrogens with zero attached hydrogens (tertiary/aromatic N) is 3. The van der Waals surface area contributed by atoms with Crippen molar-refractivity contribution in [2.75, 3.05) is 4.90 Å². The molecule has 1 fully saturated rings. The van der Waals surface area contributed by atoms with Crippen LogP contribution in [0.2, 0.25) is 0 Å². The predicted molar refractivity (Wildman–Crippen MR) is 70.5 cm³/mol. The second-order valence-corrected chi connectivity index (χ2v) is 5.96. The number of anilines is 1. The Hall–Kier alpha value is -1.75. The van der Waals surface area contributed by atoms with Crippen LogP contribution < -0.4 is 4.90 Å². The number of hydrogen-bond donors (Lipinski definition) is 0. The highest BCUT2D eigenvalue weighted by molar-refractivity contribution is 6.06. The Bertz CT molecular complexity index is 565. The van der Waals surface area contributed by atoms with Crippen molar-refractivity contribution in [3.63, 3.8) is 0 Å². The van der Waals surface area contributed by atoms with Crippen LogP contribution in [0.5, 0.6) is 0 Å². The van der Waals surface area contributed by atoms with E-state index >= 15 is 0 Å². The molecule has 1 spiro atoms. The molecule has 1 aromatic rings. The van der Waals surface area contributed by atoms with Crippen LogP contribution in [-0.2, 0) is 9.53 Å². The summed E-state index contributed by atoms with van der Waals surface area (Å²) in [5.41, 5.74) is -0.631. The summed E-state index contributed by atoms with van der Waals surface area (Å²) in [5.74, 6) is -1.02. The van der Waals surface area contributed by atoms with E-state index in [-0.39, 0.29) is 5.91 Å². The summed E-state index contributed by atoms with van der Waals surface area (Å²) in [6, 6.07) is 9.43. The largest absolute Gasteiger partial charge is 0.305 e. The number of carbonyl (C=O) groups excluding carboxylic acids is 1. The van der Waals surface area contributed by atoms with Crippen molar-refractivity contribution < 1.29 is 9.53 Å². The van der Waals surface area contributed by atoms with E-state index in [1.807, 2.05) is 58.0 Å². The smallest absolute Gasteiger partial charge is 0.280 e. The molecule has 19 heavy (non-hydrogen) atoms. The van der Waals surface area contributed by atoms with Crippen LogP contribution in [0, 0.1) is 5.41 Å². The van der Waals surface area contributed by atoms with Gasteiger partial charge >= 0.3 is 0 Å². The minimum atomic E-state index is -1.02. The van der Waals surface area contributed by atoms with E-state index in [9.17, 15) is 4.79 Å². The quantitative estimate of drug-likeness (QED) is 0.728. The first-order valence-electron chi connectivity index (χ1n) is 6.34. The van der Waals surface area contributed by atoms with Gasteiger partial charge in [0.15, 0.2) is 5.72 Å². The van der Waals surface area contributed by atoms with Crippen LogP contribution in [-0.4, -0.2) is 17.5 Å². The Morgan fingerprint density at radius 2 is 1.68 bits per heavy atom. The van der Waals surface area contributed by atoms with Crippen molar-refractivity contribution in [3.05, 3.63) is 30.3 Å². The fraction of sp³-hybridized carbons (Fsp3) is 0.500. The Balaban J connectivity index is 2.07. The molecule has 1 atom stereocenters. The molecule has 0 aliphatic carbocycles. The van der Waals surface area contributed by atoms with Gasteiger partial charge in [-0.05, 0) is 39.8 Å². The normalized spacial score (nSPS) is 30.7. The molecule has 0 radical (unpaired) electrons. The number of ether oxygens (including phenoxy) is 1. The molecule has 0 N–H and O–H groups in total. The molecule has 5 nitrogen and oxygen atoms in total. The predicted octanol–water partition coefficient (Wildman–Crippen LogP) is 2.93. The summed E-state index contributed by atoms with van der Waals surface area (Å²) in [6.45, 7) is 7.37. The maximum absolute atomic E-state index is 12.4. The van der Waals surface area contributed by atoms with Crippen LogP contribution >= 0.6 is 0 Å². The van der Waals surface area contributed by atoms with Crippen LogP contribution in [0.3, 0.4) is 0 Å². The third-order valence-corrected chi connectivity index (χ3v) is 3.69. The van der Waals surface area contributed by atoms with Crippen LogP contribution in [0.25, 0.3) is 0 Å². The monoisotopic (exact) mass is 259 g/mol. The number of amides is 1. The van der Waals surface area contributed by atoms with E-state index in [1.54, 1.807) is 4.90 Å². The average molecular weight is 259 g/mol. The van der Waals surface area contributed by atoms with Crippen molar-refractivity contribution >= 4 is 11.6 Å². The number of azo groups is 1. The van der Waals surface area contributed by atoms with Gasteiger partial charge in [0.25, 0.3) is 5.85 Å². The number of β-lactam (4-membered cyclic amide) rings is 1. The van der Waals surface area contributed by atoms with E-state index in [1.165, 1.54) is 0 Å². The molecule has 1 unspecified atom stereocenters. The van der Waals surface area contributed by atoms with Gasteiger partial charge < -0.3 is 4.74 Å². The molecule has 1 aromatic carbocycles. The van der Waals surface area contributed by atoms with Crippen molar-refractivity contribution in [3.8, 4) is 0 Å². The summed E-state index contributed by atoms with van der Waals surface area (Å²) in [6.07, 6.45) is 0. The van der Waals surface area contributed by atoms with Gasteiger partial charge in [-0.3, -0.25) is 9.69 Å². The maximum atomic E-state index is 12.4. The highest BCUT2D eigenvalue weighted by Crippen LogP contribution is 2.56. The molecule has 2 aliphatic heterocycles. The SMILES string of the molecule is CC1(C)N=NC2(O1)N(c1ccccc1)C(=O)C2(C)C. The fourth-order valence-corrected chi connectivity index (χ4v) is 2.57. The summed E-state index contributed by atoms with van der Waals surface area (Å²) in [4.78, 5) is 14.0. The highest BCUT2D eigenvalue weighted by Gasteiger charge is 2.72. The molecule has 0 bridgehead atoms. The maximum Gasteiger partial charge on any atom is 0.280 e. The van der Waals surface area contributed by atoms with Gasteiger partial charge in [-0.1, -0.05) is 18.2 Å². The molecule has 1 amide bonds. The van der Waals surface area contributed by atoms with Crippen molar-refractivity contribution in [1.29, 1.82) is 0 Å². The lowest BCUT2D eigenvalue weighted by Crippen LogP contribution is -2.76. The molecule has 5 heteroatoms. The first-order valence-corrected chi connectivity index (χ1v) is 6.34. The van der Waals surface area contributed by atoms with Crippen LogP contribution in [0.15, 0.2) is 40.6 Å². The Kier molecular flexibility index (Phi) is 2.21. The van der Waals surface area contributed by atoms with Gasteiger partial charge in [0, 0.05) is 5.69 Å². The zero-order valence-corrected chi connectivity index (χ0v) is 11.5. The average Bonchev–Trinajstić information content (AvgIpc) is 2.70. The zero-order valence-electron chi connectivity index (χ0n) is 11.5. The third-order valence-electron chi connectivity index (χ3n) is 3.69. The van der Waals surface area contributed by atoms with Gasteiger partial charge in [-0.25, -0.2) is 0 Å². The zero-order chi connectivity index (χ0) is 13.9. The Labute approximate surface area is 112 Å². The molecule has 2 heterocycles. The minimum Gasteiger partial charge on any atom is -0.305 e. The van der Waals surface area contributed by atoms with Gasteiger partial charge in [-0.2, -0.15) is 5.11 Å². The van der Waals surface area contributed by atoms with Crippen molar-refractivity contribution in [1.82, 2.24) is 0 Å². The van der Waals surface area contributed by atoms with E-state index in [4.69, 9.17) is 4.74 Å². The second kappa shape index (κ2) is 3.42. The van der Waals surface area contributed by atoms with Crippen molar-refractivity contribution in [2.45, 2.75) is 39.3 Å². The van der Waals surface area contributed by atoms with Crippen LogP contribution in [0.4, 0.5) is 5.69 Å². The lowest BCUT2D eigenvalue weighted by atomic mass is 9.75. The molecule has 1 saturated heterocycles. The Morgan fingerprint density at radius 1 is 1.05 bits per heavy atom. The number of benzene rings is 1. The van der Waals surface area contributed by atoms with Crippen molar-refractivity contribution in [2.24, 2.45) is 15.6 Å². The molecule has 100 valence electrons. The summed E-state index contributed by atoms with van der Waals surface area (Å²) in [5, 5.41) is 8.45. The van der Waals surface area contributed by atoms with Gasteiger partial charge in [0.1, 0.15) is 5.41 Å². The van der Waals surface area contributed by atoms with Gasteiger partial charge in [-0.15, -0.1) is 5.11 Å². The fourth-order valence-electron chi connectivity index (χ4n) is 2.57. The number of carbonyl (C=O) groups is 1. The molecule has 0 saturated carbocycles. The number of para-hydroxylation sites is 1. The number of rotatable bonds is 1. The lowest BCUT2D eigenvalue weighted by molar-refractivity contribution is -0.202. The molecular weight excluding hydrogens is 242 g/mol. The van der Waals surface area contributed by atoms with E-state index in [0.29, 0.717) is 0 Å². The minimum absolute atomic E-state index is 0.00431. The van der Waals surface area contributed by atoms with Gasteiger partial charge in [0.05, 0.1) is 0 Å². The highest BCUT2D eigenvalue weighted by atomic mass is 16.6. The van der Waals surface area contributed by atoms with E-state index in [2.05, 4.69) is 10.2 Å². The first kappa shape index (κ1) is 12.3. The topological polar surface area (TPSA) is 54.3 Å². The standard InChI is InChI=1S/C14H17N3O2/c1-12(2)11(18)17(10-8-6-5-7-9-10)14(12)16-15-13(3,4)19-14/h5-9H,1-4H3. The summed E-state index contributed by atoms with van der Waals surface area (Å²) >= 11 is 0. The van der Waals surface area contributed by atoms with Gasteiger partial charge in [0.2, 0.25) is 5.91 Å². The Morgan fingerprint density at radius 3 is 2.21 bits per heavy atom.